The molecule has 0 saturated carbocycles. The second kappa shape index (κ2) is 7.24. The Labute approximate surface area is 145 Å². The lowest BCUT2D eigenvalue weighted by Gasteiger charge is -2.15. The molecule has 26 heavy (non-hydrogen) atoms. The first-order valence-electron chi connectivity index (χ1n) is 7.82. The van der Waals surface area contributed by atoms with Crippen molar-refractivity contribution in [2.24, 2.45) is 0 Å². The number of halogens is 4. The molecule has 1 aromatic carbocycles. The maximum absolute atomic E-state index is 13.9. The molecule has 1 amide bonds. The van der Waals surface area contributed by atoms with Gasteiger partial charge in [-0.05, 0) is 25.1 Å². The Bertz CT molecular complexity index is 843. The Morgan fingerprint density at radius 2 is 2.08 bits per heavy atom. The molecule has 0 unspecified atom stereocenters. The van der Waals surface area contributed by atoms with Crippen LogP contribution >= 0.6 is 0 Å². The molecule has 138 valence electrons. The van der Waals surface area contributed by atoms with E-state index in [1.165, 1.54) is 12.1 Å². The van der Waals surface area contributed by atoms with E-state index < -0.39 is 35.0 Å². The van der Waals surface area contributed by atoms with E-state index in [4.69, 9.17) is 0 Å². The first-order valence-corrected chi connectivity index (χ1v) is 7.82. The number of nitrogens with zero attached hydrogens (tertiary/aromatic N) is 3. The standard InChI is InChI=1S/C16H15F4N5O/c17-11-3-1-2-4-12(11)25-14(16(18,19)20)13(23-24-25)15(26)22-9-10-5-7-21-8-6-10/h1-5,21H,6-9H2,(H,22,26). The van der Waals surface area contributed by atoms with Crippen LogP contribution in [0.25, 0.3) is 5.69 Å². The van der Waals surface area contributed by atoms with Crippen LogP contribution in [0.5, 0.6) is 0 Å². The normalized spacial score (nSPS) is 14.8. The summed E-state index contributed by atoms with van der Waals surface area (Å²) in [5.74, 6) is -1.92. The molecular weight excluding hydrogens is 354 g/mol. The molecule has 1 aromatic heterocycles. The van der Waals surface area contributed by atoms with E-state index in [0.29, 0.717) is 17.6 Å². The van der Waals surface area contributed by atoms with Gasteiger partial charge in [0.15, 0.2) is 11.4 Å². The molecule has 6 nitrogen and oxygen atoms in total. The zero-order valence-electron chi connectivity index (χ0n) is 13.5. The second-order valence-electron chi connectivity index (χ2n) is 5.65. The highest BCUT2D eigenvalue weighted by Gasteiger charge is 2.42. The predicted octanol–water partition coefficient (Wildman–Crippen LogP) is 2.07. The SMILES string of the molecule is O=C(NCC1=CCNCC1)c1nnn(-c2ccccc2F)c1C(F)(F)F. The Hall–Kier alpha value is -2.75. The molecule has 2 heterocycles. The Balaban J connectivity index is 1.91. The first-order chi connectivity index (χ1) is 12.4. The van der Waals surface area contributed by atoms with Gasteiger partial charge in [0.1, 0.15) is 11.5 Å². The predicted molar refractivity (Wildman–Crippen MR) is 84.2 cm³/mol. The average Bonchev–Trinajstić information content (AvgIpc) is 3.06. The van der Waals surface area contributed by atoms with Crippen molar-refractivity contribution in [1.82, 2.24) is 25.6 Å². The fourth-order valence-corrected chi connectivity index (χ4v) is 2.59. The van der Waals surface area contributed by atoms with Crippen LogP contribution in [0, 0.1) is 5.82 Å². The summed E-state index contributed by atoms with van der Waals surface area (Å²) in [6, 6.07) is 4.83. The molecule has 0 aliphatic carbocycles. The molecule has 1 aliphatic rings. The highest BCUT2D eigenvalue weighted by molar-refractivity contribution is 5.93. The molecule has 2 aromatic rings. The van der Waals surface area contributed by atoms with Crippen molar-refractivity contribution in [1.29, 1.82) is 0 Å². The van der Waals surface area contributed by atoms with Gasteiger partial charge in [-0.3, -0.25) is 4.79 Å². The van der Waals surface area contributed by atoms with E-state index in [1.54, 1.807) is 0 Å². The van der Waals surface area contributed by atoms with E-state index in [0.717, 1.165) is 24.3 Å². The van der Waals surface area contributed by atoms with E-state index >= 15 is 0 Å². The summed E-state index contributed by atoms with van der Waals surface area (Å²) in [7, 11) is 0. The fraction of sp³-hybridized carbons (Fsp3) is 0.312. The van der Waals surface area contributed by atoms with Crippen LogP contribution < -0.4 is 10.6 Å². The van der Waals surface area contributed by atoms with Crippen LogP contribution in [0.1, 0.15) is 22.6 Å². The van der Waals surface area contributed by atoms with Gasteiger partial charge < -0.3 is 10.6 Å². The van der Waals surface area contributed by atoms with Crippen molar-refractivity contribution in [3.63, 3.8) is 0 Å². The maximum Gasteiger partial charge on any atom is 0.435 e. The molecule has 0 atom stereocenters. The van der Waals surface area contributed by atoms with Crippen molar-refractivity contribution in [3.05, 3.63) is 53.1 Å². The Morgan fingerprint density at radius 1 is 1.31 bits per heavy atom. The second-order valence-corrected chi connectivity index (χ2v) is 5.65. The number of alkyl halides is 3. The van der Waals surface area contributed by atoms with Crippen LogP contribution in [-0.4, -0.2) is 40.5 Å². The van der Waals surface area contributed by atoms with Crippen LogP contribution in [0.3, 0.4) is 0 Å². The van der Waals surface area contributed by atoms with Crippen LogP contribution in [0.4, 0.5) is 17.6 Å². The Morgan fingerprint density at radius 3 is 2.73 bits per heavy atom. The van der Waals surface area contributed by atoms with Gasteiger partial charge in [-0.2, -0.15) is 13.2 Å². The van der Waals surface area contributed by atoms with Crippen molar-refractivity contribution in [3.8, 4) is 5.69 Å². The van der Waals surface area contributed by atoms with Crippen molar-refractivity contribution >= 4 is 5.91 Å². The third-order valence-corrected chi connectivity index (χ3v) is 3.87. The zero-order chi connectivity index (χ0) is 18.7. The topological polar surface area (TPSA) is 71.8 Å². The quantitative estimate of drug-likeness (QED) is 0.639. The number of benzene rings is 1. The molecule has 2 N–H and O–H groups in total. The number of para-hydroxylation sites is 1. The average molecular weight is 369 g/mol. The van der Waals surface area contributed by atoms with Gasteiger partial charge >= 0.3 is 6.18 Å². The molecule has 0 spiro atoms. The molecule has 0 bridgehead atoms. The van der Waals surface area contributed by atoms with Crippen molar-refractivity contribution in [2.75, 3.05) is 19.6 Å². The molecule has 1 aliphatic heterocycles. The molecular formula is C16H15F4N5O. The van der Waals surface area contributed by atoms with Crippen molar-refractivity contribution in [2.45, 2.75) is 12.6 Å². The van der Waals surface area contributed by atoms with Gasteiger partial charge in [0.05, 0.1) is 0 Å². The minimum atomic E-state index is -4.94. The summed E-state index contributed by atoms with van der Waals surface area (Å²) < 4.78 is 54.7. The lowest BCUT2D eigenvalue weighted by molar-refractivity contribution is -0.143. The summed E-state index contributed by atoms with van der Waals surface area (Å²) >= 11 is 0. The summed E-state index contributed by atoms with van der Waals surface area (Å²) in [5, 5.41) is 12.2. The summed E-state index contributed by atoms with van der Waals surface area (Å²) in [6.45, 7) is 1.49. The number of carbonyl (C=O) groups excluding carboxylic acids is 1. The monoisotopic (exact) mass is 369 g/mol. The molecule has 0 radical (unpaired) electrons. The number of hydrogen-bond donors (Lipinski definition) is 2. The van der Waals surface area contributed by atoms with Gasteiger partial charge in [-0.25, -0.2) is 9.07 Å². The van der Waals surface area contributed by atoms with Crippen LogP contribution in [0.2, 0.25) is 0 Å². The number of carbonyl (C=O) groups is 1. The van der Waals surface area contributed by atoms with Crippen molar-refractivity contribution < 1.29 is 22.4 Å². The number of rotatable bonds is 4. The van der Waals surface area contributed by atoms with Gasteiger partial charge in [-0.15, -0.1) is 5.10 Å². The lowest BCUT2D eigenvalue weighted by atomic mass is 10.1. The van der Waals surface area contributed by atoms with Gasteiger partial charge in [0.2, 0.25) is 0 Å². The highest BCUT2D eigenvalue weighted by atomic mass is 19.4. The van der Waals surface area contributed by atoms with Gasteiger partial charge in [0.25, 0.3) is 5.91 Å². The minimum Gasteiger partial charge on any atom is -0.347 e. The van der Waals surface area contributed by atoms with E-state index in [-0.39, 0.29) is 6.54 Å². The third-order valence-electron chi connectivity index (χ3n) is 3.87. The van der Waals surface area contributed by atoms with Gasteiger partial charge in [-0.1, -0.05) is 29.0 Å². The van der Waals surface area contributed by atoms with Crippen LogP contribution in [-0.2, 0) is 6.18 Å². The molecule has 3 rings (SSSR count). The number of hydrogen-bond acceptors (Lipinski definition) is 4. The van der Waals surface area contributed by atoms with E-state index in [9.17, 15) is 22.4 Å². The fourth-order valence-electron chi connectivity index (χ4n) is 2.59. The maximum atomic E-state index is 13.9. The van der Waals surface area contributed by atoms with Crippen LogP contribution in [0.15, 0.2) is 35.9 Å². The molecule has 10 heteroatoms. The number of nitrogens with one attached hydrogen (secondary N) is 2. The largest absolute Gasteiger partial charge is 0.435 e. The lowest BCUT2D eigenvalue weighted by Crippen LogP contribution is -2.31. The van der Waals surface area contributed by atoms with E-state index in [2.05, 4.69) is 20.9 Å². The van der Waals surface area contributed by atoms with Gasteiger partial charge in [0, 0.05) is 13.1 Å². The number of amides is 1. The summed E-state index contributed by atoms with van der Waals surface area (Å²) in [4.78, 5) is 12.2. The third kappa shape index (κ3) is 3.74. The smallest absolute Gasteiger partial charge is 0.347 e. The first kappa shape index (κ1) is 18.1. The highest BCUT2D eigenvalue weighted by Crippen LogP contribution is 2.33. The Kier molecular flexibility index (Phi) is 5.03. The van der Waals surface area contributed by atoms with E-state index in [1.807, 2.05) is 6.08 Å². The minimum absolute atomic E-state index is 0.115. The zero-order valence-corrected chi connectivity index (χ0v) is 13.5. The molecule has 0 fully saturated rings. The number of aromatic nitrogens is 3. The summed E-state index contributed by atoms with van der Waals surface area (Å²) in [6.07, 6.45) is -2.38. The summed E-state index contributed by atoms with van der Waals surface area (Å²) in [5.41, 5.74) is -1.84. The molecule has 0 saturated heterocycles.